The van der Waals surface area contributed by atoms with Crippen molar-refractivity contribution >= 4 is 5.91 Å². The van der Waals surface area contributed by atoms with Gasteiger partial charge >= 0.3 is 0 Å². The van der Waals surface area contributed by atoms with Crippen LogP contribution in [-0.4, -0.2) is 36.7 Å². The second-order valence-electron chi connectivity index (χ2n) is 7.42. The van der Waals surface area contributed by atoms with Crippen LogP contribution in [-0.2, 0) is 9.53 Å². The minimum atomic E-state index is -0.0632. The molecule has 2 aliphatic heterocycles. The Bertz CT molecular complexity index is 364. The standard InChI is InChI=1S/C17H32N2O2/c1-5-17(6-2)12-13(8-11-21-17)19-15(20)14-16(3,4)9-7-10-18-14/h13-14,18H,5-12H2,1-4H3,(H,19,20). The van der Waals surface area contributed by atoms with E-state index in [0.717, 1.165) is 51.7 Å². The van der Waals surface area contributed by atoms with Crippen molar-refractivity contribution in [2.75, 3.05) is 13.2 Å². The first kappa shape index (κ1) is 16.8. The van der Waals surface area contributed by atoms with Gasteiger partial charge in [0.15, 0.2) is 0 Å². The number of hydrogen-bond acceptors (Lipinski definition) is 3. The van der Waals surface area contributed by atoms with Crippen molar-refractivity contribution in [3.8, 4) is 0 Å². The molecule has 2 N–H and O–H groups in total. The summed E-state index contributed by atoms with van der Waals surface area (Å²) in [6, 6.07) is 0.192. The second-order valence-corrected chi connectivity index (χ2v) is 7.42. The van der Waals surface area contributed by atoms with Crippen molar-refractivity contribution in [2.45, 2.75) is 83.9 Å². The summed E-state index contributed by atoms with van der Waals surface area (Å²) in [5.41, 5.74) is 0.00576. The molecule has 4 nitrogen and oxygen atoms in total. The first-order valence-electron chi connectivity index (χ1n) is 8.60. The molecule has 2 aliphatic rings. The zero-order valence-electron chi connectivity index (χ0n) is 14.1. The molecule has 0 radical (unpaired) electrons. The normalized spacial score (nSPS) is 31.6. The Morgan fingerprint density at radius 3 is 2.67 bits per heavy atom. The minimum absolute atomic E-state index is 0.0360. The summed E-state index contributed by atoms with van der Waals surface area (Å²) in [6.07, 6.45) is 6.17. The Morgan fingerprint density at radius 1 is 1.33 bits per heavy atom. The maximum Gasteiger partial charge on any atom is 0.237 e. The lowest BCUT2D eigenvalue weighted by molar-refractivity contribution is -0.131. The summed E-state index contributed by atoms with van der Waals surface area (Å²) in [4.78, 5) is 12.7. The van der Waals surface area contributed by atoms with Gasteiger partial charge in [0.2, 0.25) is 5.91 Å². The molecule has 2 rings (SSSR count). The van der Waals surface area contributed by atoms with Gasteiger partial charge in [0.25, 0.3) is 0 Å². The van der Waals surface area contributed by atoms with Gasteiger partial charge in [-0.3, -0.25) is 4.79 Å². The SMILES string of the molecule is CCC1(CC)CC(NC(=O)C2NCCCC2(C)C)CCO1. The Kier molecular flexibility index (Phi) is 5.31. The zero-order chi connectivity index (χ0) is 15.5. The summed E-state index contributed by atoms with van der Waals surface area (Å²) < 4.78 is 6.00. The third-order valence-corrected chi connectivity index (χ3v) is 5.52. The fourth-order valence-electron chi connectivity index (χ4n) is 3.84. The highest BCUT2D eigenvalue weighted by Gasteiger charge is 2.40. The van der Waals surface area contributed by atoms with Crippen LogP contribution in [0.5, 0.6) is 0 Å². The zero-order valence-corrected chi connectivity index (χ0v) is 14.1. The molecule has 21 heavy (non-hydrogen) atoms. The number of nitrogens with one attached hydrogen (secondary N) is 2. The largest absolute Gasteiger partial charge is 0.375 e. The lowest BCUT2D eigenvalue weighted by Crippen LogP contribution is -2.58. The summed E-state index contributed by atoms with van der Waals surface area (Å²) >= 11 is 0. The predicted octanol–water partition coefficient (Wildman–Crippen LogP) is 2.62. The molecule has 1 amide bonds. The molecular weight excluding hydrogens is 264 g/mol. The average molecular weight is 296 g/mol. The van der Waals surface area contributed by atoms with E-state index in [2.05, 4.69) is 38.3 Å². The maximum absolute atomic E-state index is 12.7. The minimum Gasteiger partial charge on any atom is -0.375 e. The van der Waals surface area contributed by atoms with Crippen molar-refractivity contribution in [2.24, 2.45) is 5.41 Å². The van der Waals surface area contributed by atoms with Gasteiger partial charge < -0.3 is 15.4 Å². The fourth-order valence-corrected chi connectivity index (χ4v) is 3.84. The molecule has 0 aliphatic carbocycles. The number of carbonyl (C=O) groups excluding carboxylic acids is 1. The third kappa shape index (κ3) is 3.78. The van der Waals surface area contributed by atoms with Crippen molar-refractivity contribution in [1.82, 2.24) is 10.6 Å². The molecule has 0 aromatic rings. The lowest BCUT2D eigenvalue weighted by Gasteiger charge is -2.42. The summed E-state index contributed by atoms with van der Waals surface area (Å²) in [5.74, 6) is 0.174. The van der Waals surface area contributed by atoms with Crippen LogP contribution >= 0.6 is 0 Å². The van der Waals surface area contributed by atoms with Crippen LogP contribution in [0, 0.1) is 5.41 Å². The quantitative estimate of drug-likeness (QED) is 0.838. The van der Waals surface area contributed by atoms with Crippen LogP contribution < -0.4 is 10.6 Å². The first-order chi connectivity index (χ1) is 9.92. The Morgan fingerprint density at radius 2 is 2.05 bits per heavy atom. The first-order valence-corrected chi connectivity index (χ1v) is 8.60. The predicted molar refractivity (Wildman–Crippen MR) is 85.2 cm³/mol. The summed E-state index contributed by atoms with van der Waals surface area (Å²) in [7, 11) is 0. The molecule has 0 saturated carbocycles. The molecule has 0 aromatic carbocycles. The van der Waals surface area contributed by atoms with Crippen molar-refractivity contribution < 1.29 is 9.53 Å². The van der Waals surface area contributed by atoms with E-state index in [9.17, 15) is 4.79 Å². The van der Waals surface area contributed by atoms with E-state index in [1.165, 1.54) is 0 Å². The van der Waals surface area contributed by atoms with Gasteiger partial charge in [-0.15, -0.1) is 0 Å². The fraction of sp³-hybridized carbons (Fsp3) is 0.941. The van der Waals surface area contributed by atoms with Crippen LogP contribution in [0.1, 0.15) is 66.2 Å². The van der Waals surface area contributed by atoms with Crippen LogP contribution in [0.3, 0.4) is 0 Å². The van der Waals surface area contributed by atoms with Gasteiger partial charge in [-0.25, -0.2) is 0 Å². The number of piperidine rings is 1. The number of rotatable bonds is 4. The van der Waals surface area contributed by atoms with Crippen LogP contribution in [0.4, 0.5) is 0 Å². The number of hydrogen-bond donors (Lipinski definition) is 2. The van der Waals surface area contributed by atoms with Crippen molar-refractivity contribution in [3.63, 3.8) is 0 Å². The second kappa shape index (κ2) is 6.66. The van der Waals surface area contributed by atoms with Gasteiger partial charge in [-0.05, 0) is 50.5 Å². The Labute approximate surface area is 129 Å². The molecule has 2 unspecified atom stereocenters. The van der Waals surface area contributed by atoms with E-state index < -0.39 is 0 Å². The Hall–Kier alpha value is -0.610. The highest BCUT2D eigenvalue weighted by Crippen LogP contribution is 2.33. The number of carbonyl (C=O) groups is 1. The number of amides is 1. The van der Waals surface area contributed by atoms with Gasteiger partial charge in [0.05, 0.1) is 11.6 Å². The number of ether oxygens (including phenoxy) is 1. The molecule has 2 atom stereocenters. The highest BCUT2D eigenvalue weighted by molar-refractivity contribution is 5.83. The van der Waals surface area contributed by atoms with E-state index in [4.69, 9.17) is 4.74 Å². The van der Waals surface area contributed by atoms with Crippen LogP contribution in [0.25, 0.3) is 0 Å². The van der Waals surface area contributed by atoms with Gasteiger partial charge in [-0.1, -0.05) is 27.7 Å². The molecular formula is C17H32N2O2. The van der Waals surface area contributed by atoms with E-state index in [0.29, 0.717) is 0 Å². The van der Waals surface area contributed by atoms with Crippen molar-refractivity contribution in [1.29, 1.82) is 0 Å². The monoisotopic (exact) mass is 296 g/mol. The highest BCUT2D eigenvalue weighted by atomic mass is 16.5. The lowest BCUT2D eigenvalue weighted by atomic mass is 9.77. The maximum atomic E-state index is 12.7. The summed E-state index contributed by atoms with van der Waals surface area (Å²) in [6.45, 7) is 10.4. The Balaban J connectivity index is 1.96. The molecule has 0 aromatic heterocycles. The molecule has 0 bridgehead atoms. The molecule has 2 fully saturated rings. The van der Waals surface area contributed by atoms with E-state index in [1.54, 1.807) is 0 Å². The molecule has 0 spiro atoms. The van der Waals surface area contributed by atoms with Crippen LogP contribution in [0.2, 0.25) is 0 Å². The molecule has 2 saturated heterocycles. The van der Waals surface area contributed by atoms with Gasteiger partial charge in [0.1, 0.15) is 0 Å². The van der Waals surface area contributed by atoms with Gasteiger partial charge in [-0.2, -0.15) is 0 Å². The van der Waals surface area contributed by atoms with E-state index in [-0.39, 0.29) is 29.0 Å². The van der Waals surface area contributed by atoms with Gasteiger partial charge in [0, 0.05) is 12.6 Å². The topological polar surface area (TPSA) is 50.4 Å². The van der Waals surface area contributed by atoms with E-state index >= 15 is 0 Å². The van der Waals surface area contributed by atoms with Crippen molar-refractivity contribution in [3.05, 3.63) is 0 Å². The molecule has 122 valence electrons. The third-order valence-electron chi connectivity index (χ3n) is 5.52. The summed E-state index contributed by atoms with van der Waals surface area (Å²) in [5, 5.41) is 6.69. The van der Waals surface area contributed by atoms with Crippen LogP contribution in [0.15, 0.2) is 0 Å². The van der Waals surface area contributed by atoms with E-state index in [1.807, 2.05) is 0 Å². The molecule has 4 heteroatoms. The smallest absolute Gasteiger partial charge is 0.237 e. The average Bonchev–Trinajstić information content (AvgIpc) is 2.46. The molecule has 2 heterocycles.